The average molecular weight is 141 g/mol. The molecule has 2 unspecified atom stereocenters. The van der Waals surface area contributed by atoms with Gasteiger partial charge in [0.15, 0.2) is 0 Å². The van der Waals surface area contributed by atoms with Gasteiger partial charge in [-0.25, -0.2) is 0 Å². The number of ether oxygens (including phenoxy) is 1. The van der Waals surface area contributed by atoms with E-state index in [4.69, 9.17) is 10.5 Å². The van der Waals surface area contributed by atoms with E-state index in [1.165, 1.54) is 19.3 Å². The lowest BCUT2D eigenvalue weighted by atomic mass is 9.90. The first kappa shape index (κ1) is 6.62. The first-order valence-corrected chi connectivity index (χ1v) is 4.02. The van der Waals surface area contributed by atoms with Gasteiger partial charge in [0.1, 0.15) is 0 Å². The summed E-state index contributed by atoms with van der Waals surface area (Å²) in [5.41, 5.74) is 6.20. The Kier molecular flexibility index (Phi) is 1.15. The van der Waals surface area contributed by atoms with Gasteiger partial charge in [0.05, 0.1) is 12.2 Å². The quantitative estimate of drug-likeness (QED) is 0.589. The van der Waals surface area contributed by atoms with Gasteiger partial charge in [0, 0.05) is 6.54 Å². The minimum atomic E-state index is 0.0920. The van der Waals surface area contributed by atoms with Gasteiger partial charge in [-0.05, 0) is 24.7 Å². The van der Waals surface area contributed by atoms with Gasteiger partial charge in [-0.2, -0.15) is 0 Å². The summed E-state index contributed by atoms with van der Waals surface area (Å²) in [7, 11) is 0. The van der Waals surface area contributed by atoms with Crippen LogP contribution in [0.15, 0.2) is 0 Å². The van der Waals surface area contributed by atoms with Crippen LogP contribution in [0.2, 0.25) is 0 Å². The van der Waals surface area contributed by atoms with Crippen molar-refractivity contribution in [2.75, 3.05) is 13.2 Å². The summed E-state index contributed by atoms with van der Waals surface area (Å²) >= 11 is 0. The summed E-state index contributed by atoms with van der Waals surface area (Å²) in [4.78, 5) is 0. The zero-order chi connectivity index (χ0) is 7.24. The van der Waals surface area contributed by atoms with Crippen molar-refractivity contribution in [1.82, 2.24) is 0 Å². The molecule has 58 valence electrons. The fourth-order valence-electron chi connectivity index (χ4n) is 2.29. The van der Waals surface area contributed by atoms with Crippen LogP contribution in [0.3, 0.4) is 0 Å². The van der Waals surface area contributed by atoms with Crippen molar-refractivity contribution < 1.29 is 4.74 Å². The zero-order valence-electron chi connectivity index (χ0n) is 6.52. The molecule has 1 saturated heterocycles. The van der Waals surface area contributed by atoms with Crippen LogP contribution in [0, 0.1) is 5.41 Å². The van der Waals surface area contributed by atoms with E-state index >= 15 is 0 Å². The molecule has 1 saturated carbocycles. The van der Waals surface area contributed by atoms with Gasteiger partial charge in [0.2, 0.25) is 0 Å². The smallest absolute Gasteiger partial charge is 0.0810 e. The molecule has 1 heterocycles. The summed E-state index contributed by atoms with van der Waals surface area (Å²) in [6, 6.07) is 0. The van der Waals surface area contributed by atoms with Crippen molar-refractivity contribution in [3.05, 3.63) is 0 Å². The van der Waals surface area contributed by atoms with Gasteiger partial charge < -0.3 is 10.5 Å². The lowest BCUT2D eigenvalue weighted by Crippen LogP contribution is -2.35. The second kappa shape index (κ2) is 1.74. The fraction of sp³-hybridized carbons (Fsp3) is 1.00. The Labute approximate surface area is 61.7 Å². The lowest BCUT2D eigenvalue weighted by Gasteiger charge is -2.25. The molecule has 2 aliphatic rings. The first-order valence-electron chi connectivity index (χ1n) is 4.02. The number of nitrogens with two attached hydrogens (primary N) is 1. The number of rotatable bonds is 1. The topological polar surface area (TPSA) is 35.2 Å². The minimum Gasteiger partial charge on any atom is -0.373 e. The molecule has 2 nitrogen and oxygen atoms in total. The van der Waals surface area contributed by atoms with E-state index < -0.39 is 0 Å². The van der Waals surface area contributed by atoms with Crippen LogP contribution in [-0.2, 0) is 4.74 Å². The minimum absolute atomic E-state index is 0.0920. The van der Waals surface area contributed by atoms with Crippen molar-refractivity contribution in [3.8, 4) is 0 Å². The van der Waals surface area contributed by atoms with Crippen molar-refractivity contribution in [2.24, 2.45) is 11.1 Å². The van der Waals surface area contributed by atoms with Crippen LogP contribution >= 0.6 is 0 Å². The first-order chi connectivity index (χ1) is 4.68. The molecular weight excluding hydrogens is 126 g/mol. The molecule has 0 aromatic heterocycles. The third kappa shape index (κ3) is 0.722. The van der Waals surface area contributed by atoms with E-state index in [2.05, 4.69) is 6.92 Å². The van der Waals surface area contributed by atoms with Gasteiger partial charge in [-0.15, -0.1) is 0 Å². The lowest BCUT2D eigenvalue weighted by molar-refractivity contribution is -0.0195. The van der Waals surface area contributed by atoms with Gasteiger partial charge >= 0.3 is 0 Å². The van der Waals surface area contributed by atoms with E-state index in [0.29, 0.717) is 12.0 Å². The highest BCUT2D eigenvalue weighted by Gasteiger charge is 2.52. The summed E-state index contributed by atoms with van der Waals surface area (Å²) < 4.78 is 5.67. The molecule has 10 heavy (non-hydrogen) atoms. The van der Waals surface area contributed by atoms with Crippen molar-refractivity contribution in [3.63, 3.8) is 0 Å². The average Bonchev–Trinajstić information content (AvgIpc) is 2.42. The number of hydrogen-bond donors (Lipinski definition) is 1. The molecule has 2 heteroatoms. The van der Waals surface area contributed by atoms with Crippen LogP contribution in [0.1, 0.15) is 26.2 Å². The summed E-state index contributed by atoms with van der Waals surface area (Å²) in [6.45, 7) is 3.95. The van der Waals surface area contributed by atoms with Crippen molar-refractivity contribution in [1.29, 1.82) is 0 Å². The Bertz CT molecular complexity index is 147. The highest BCUT2D eigenvalue weighted by atomic mass is 16.5. The highest BCUT2D eigenvalue weighted by Crippen LogP contribution is 2.51. The maximum atomic E-state index is 5.67. The van der Waals surface area contributed by atoms with Gasteiger partial charge in [0.25, 0.3) is 0 Å². The Hall–Kier alpha value is -0.0800. The molecule has 0 amide bonds. The Morgan fingerprint density at radius 1 is 1.50 bits per heavy atom. The predicted molar refractivity (Wildman–Crippen MR) is 39.7 cm³/mol. The summed E-state index contributed by atoms with van der Waals surface area (Å²) in [6.07, 6.45) is 3.68. The van der Waals surface area contributed by atoms with E-state index in [0.717, 1.165) is 6.61 Å². The molecule has 2 N–H and O–H groups in total. The standard InChI is InChI=1S/C8H15NO/c1-7-2-3-8(4-7,5-9)10-6-7/h2-6,9H2,1H3. The van der Waals surface area contributed by atoms with Crippen LogP contribution < -0.4 is 5.73 Å². The highest BCUT2D eigenvalue weighted by molar-refractivity contribution is 5.03. The fourth-order valence-corrected chi connectivity index (χ4v) is 2.29. The molecular formula is C8H15NO. The molecule has 1 aliphatic heterocycles. The Morgan fingerprint density at radius 2 is 2.30 bits per heavy atom. The molecule has 2 fully saturated rings. The van der Waals surface area contributed by atoms with Crippen molar-refractivity contribution in [2.45, 2.75) is 31.8 Å². The van der Waals surface area contributed by atoms with E-state index in [-0.39, 0.29) is 5.60 Å². The zero-order valence-corrected chi connectivity index (χ0v) is 6.52. The molecule has 2 atom stereocenters. The maximum absolute atomic E-state index is 5.67. The third-order valence-corrected chi connectivity index (χ3v) is 3.03. The largest absolute Gasteiger partial charge is 0.373 e. The van der Waals surface area contributed by atoms with E-state index in [9.17, 15) is 0 Å². The third-order valence-electron chi connectivity index (χ3n) is 3.03. The normalized spacial score (nSPS) is 52.2. The van der Waals surface area contributed by atoms with Crippen LogP contribution in [0.25, 0.3) is 0 Å². The molecule has 0 radical (unpaired) electrons. The molecule has 0 aromatic carbocycles. The maximum Gasteiger partial charge on any atom is 0.0810 e. The van der Waals surface area contributed by atoms with Gasteiger partial charge in [-0.1, -0.05) is 6.92 Å². The second-order valence-electron chi connectivity index (χ2n) is 4.16. The second-order valence-corrected chi connectivity index (χ2v) is 4.16. The van der Waals surface area contributed by atoms with E-state index in [1.807, 2.05) is 0 Å². The Morgan fingerprint density at radius 3 is 2.50 bits per heavy atom. The van der Waals surface area contributed by atoms with E-state index in [1.54, 1.807) is 0 Å². The molecule has 0 spiro atoms. The SMILES string of the molecule is CC12CCC(CN)(C1)OC2. The summed E-state index contributed by atoms with van der Waals surface area (Å²) in [5, 5.41) is 0. The summed E-state index contributed by atoms with van der Waals surface area (Å²) in [5.74, 6) is 0. The number of fused-ring (bicyclic) bond motifs is 2. The van der Waals surface area contributed by atoms with Crippen LogP contribution in [0.4, 0.5) is 0 Å². The monoisotopic (exact) mass is 141 g/mol. The van der Waals surface area contributed by atoms with Gasteiger partial charge in [-0.3, -0.25) is 0 Å². The predicted octanol–water partition coefficient (Wildman–Crippen LogP) is 0.904. The Balaban J connectivity index is 2.19. The molecule has 2 rings (SSSR count). The van der Waals surface area contributed by atoms with Crippen molar-refractivity contribution >= 4 is 0 Å². The van der Waals surface area contributed by atoms with Crippen LogP contribution in [-0.4, -0.2) is 18.8 Å². The molecule has 2 bridgehead atoms. The molecule has 0 aromatic rings. The molecule has 1 aliphatic carbocycles. The number of hydrogen-bond acceptors (Lipinski definition) is 2. The van der Waals surface area contributed by atoms with Crippen LogP contribution in [0.5, 0.6) is 0 Å².